The zero-order chi connectivity index (χ0) is 12.5. The minimum Gasteiger partial charge on any atom is -0.361 e. The monoisotopic (exact) mass is 237 g/mol. The van der Waals surface area contributed by atoms with Crippen LogP contribution >= 0.6 is 0 Å². The van der Waals surface area contributed by atoms with Crippen LogP contribution in [0.25, 0.3) is 0 Å². The summed E-state index contributed by atoms with van der Waals surface area (Å²) in [7, 11) is 1.80. The number of hydrogen-bond donors (Lipinski definition) is 1. The van der Waals surface area contributed by atoms with Crippen molar-refractivity contribution in [2.24, 2.45) is 0 Å². The van der Waals surface area contributed by atoms with E-state index >= 15 is 0 Å². The number of hydrogen-bond acceptors (Lipinski definition) is 4. The Balaban J connectivity index is 2.00. The number of nitrogens with one attached hydrogen (secondary N) is 1. The van der Waals surface area contributed by atoms with Crippen LogP contribution in [0.5, 0.6) is 0 Å². The van der Waals surface area contributed by atoms with Crippen molar-refractivity contribution < 1.29 is 9.32 Å². The van der Waals surface area contributed by atoms with E-state index in [9.17, 15) is 4.79 Å². The van der Waals surface area contributed by atoms with Crippen molar-refractivity contribution in [3.05, 3.63) is 17.5 Å². The summed E-state index contributed by atoms with van der Waals surface area (Å²) >= 11 is 0. The highest BCUT2D eigenvalue weighted by atomic mass is 16.5. The Hall–Kier alpha value is -1.36. The van der Waals surface area contributed by atoms with Gasteiger partial charge in [-0.05, 0) is 33.2 Å². The molecule has 1 aromatic rings. The minimum atomic E-state index is -0.409. The molecule has 1 saturated heterocycles. The van der Waals surface area contributed by atoms with E-state index in [0.29, 0.717) is 6.54 Å². The first-order chi connectivity index (χ1) is 8.01. The van der Waals surface area contributed by atoms with Gasteiger partial charge in [-0.25, -0.2) is 0 Å². The molecule has 1 atom stereocenters. The van der Waals surface area contributed by atoms with Crippen molar-refractivity contribution in [3.8, 4) is 0 Å². The molecule has 0 radical (unpaired) electrons. The second kappa shape index (κ2) is 4.49. The fraction of sp³-hybridized carbons (Fsp3) is 0.667. The maximum atomic E-state index is 12.3. The molecule has 0 bridgehead atoms. The van der Waals surface area contributed by atoms with Gasteiger partial charge in [-0.1, -0.05) is 5.16 Å². The third-order valence-corrected chi connectivity index (χ3v) is 3.26. The Labute approximate surface area is 101 Å². The first-order valence-corrected chi connectivity index (χ1v) is 5.94. The Morgan fingerprint density at radius 2 is 2.47 bits per heavy atom. The van der Waals surface area contributed by atoms with Crippen molar-refractivity contribution in [2.45, 2.75) is 38.8 Å². The normalized spacial score (nSPS) is 23.9. The van der Waals surface area contributed by atoms with E-state index in [4.69, 9.17) is 4.52 Å². The fourth-order valence-electron chi connectivity index (χ4n) is 2.31. The Bertz CT molecular complexity index is 408. The lowest BCUT2D eigenvalue weighted by Crippen LogP contribution is -2.51. The van der Waals surface area contributed by atoms with Gasteiger partial charge in [-0.15, -0.1) is 0 Å². The molecule has 94 valence electrons. The third kappa shape index (κ3) is 2.49. The van der Waals surface area contributed by atoms with Gasteiger partial charge in [0.05, 0.1) is 12.1 Å². The largest absolute Gasteiger partial charge is 0.361 e. The van der Waals surface area contributed by atoms with Crippen LogP contribution in [0.4, 0.5) is 0 Å². The number of carbonyl (C=O) groups is 1. The van der Waals surface area contributed by atoms with E-state index in [1.54, 1.807) is 11.9 Å². The van der Waals surface area contributed by atoms with Crippen LogP contribution in [0.15, 0.2) is 10.6 Å². The average Bonchev–Trinajstić information content (AvgIpc) is 2.88. The van der Waals surface area contributed by atoms with Crippen LogP contribution in [-0.2, 0) is 11.3 Å². The quantitative estimate of drug-likeness (QED) is 0.854. The highest BCUT2D eigenvalue weighted by Crippen LogP contribution is 2.21. The number of likely N-dealkylation sites (N-methyl/N-ethyl adjacent to an activating group) is 1. The second-order valence-corrected chi connectivity index (χ2v) is 4.95. The number of carbonyl (C=O) groups excluding carboxylic acids is 1. The average molecular weight is 237 g/mol. The van der Waals surface area contributed by atoms with Crippen molar-refractivity contribution >= 4 is 5.91 Å². The van der Waals surface area contributed by atoms with E-state index in [1.807, 2.05) is 19.9 Å². The molecule has 5 heteroatoms. The number of aryl methyl sites for hydroxylation is 1. The third-order valence-electron chi connectivity index (χ3n) is 3.26. The molecular formula is C12H19N3O2. The predicted octanol–water partition coefficient (Wildman–Crippen LogP) is 1.08. The van der Waals surface area contributed by atoms with Gasteiger partial charge in [-0.2, -0.15) is 0 Å². The summed E-state index contributed by atoms with van der Waals surface area (Å²) in [6, 6.07) is 1.86. The molecule has 0 aromatic carbocycles. The van der Waals surface area contributed by atoms with E-state index in [-0.39, 0.29) is 5.91 Å². The molecule has 2 heterocycles. The van der Waals surface area contributed by atoms with Crippen molar-refractivity contribution in [1.82, 2.24) is 15.4 Å². The fourth-order valence-corrected chi connectivity index (χ4v) is 2.31. The van der Waals surface area contributed by atoms with Crippen LogP contribution in [0.1, 0.15) is 31.2 Å². The smallest absolute Gasteiger partial charge is 0.242 e. The molecule has 1 fully saturated rings. The minimum absolute atomic E-state index is 0.121. The van der Waals surface area contributed by atoms with Crippen molar-refractivity contribution in [1.29, 1.82) is 0 Å². The van der Waals surface area contributed by atoms with Crippen LogP contribution in [0.2, 0.25) is 0 Å². The van der Waals surface area contributed by atoms with Gasteiger partial charge in [0.1, 0.15) is 11.5 Å². The summed E-state index contributed by atoms with van der Waals surface area (Å²) in [6.45, 7) is 5.22. The van der Waals surface area contributed by atoms with E-state index in [0.717, 1.165) is 30.8 Å². The molecule has 5 nitrogen and oxygen atoms in total. The topological polar surface area (TPSA) is 58.4 Å². The van der Waals surface area contributed by atoms with Gasteiger partial charge < -0.3 is 14.7 Å². The van der Waals surface area contributed by atoms with Gasteiger partial charge >= 0.3 is 0 Å². The molecule has 0 saturated carbocycles. The van der Waals surface area contributed by atoms with Gasteiger partial charge in [0.2, 0.25) is 5.91 Å². The van der Waals surface area contributed by atoms with Gasteiger partial charge in [0.25, 0.3) is 0 Å². The number of aromatic nitrogens is 1. The maximum Gasteiger partial charge on any atom is 0.242 e. The maximum absolute atomic E-state index is 12.3. The van der Waals surface area contributed by atoms with Crippen LogP contribution in [-0.4, -0.2) is 35.1 Å². The number of amides is 1. The second-order valence-electron chi connectivity index (χ2n) is 4.95. The molecule has 1 N–H and O–H groups in total. The van der Waals surface area contributed by atoms with E-state index < -0.39 is 5.54 Å². The van der Waals surface area contributed by atoms with Gasteiger partial charge in [0, 0.05) is 13.1 Å². The van der Waals surface area contributed by atoms with Crippen molar-refractivity contribution in [3.63, 3.8) is 0 Å². The zero-order valence-electron chi connectivity index (χ0n) is 10.6. The number of rotatable bonds is 3. The predicted molar refractivity (Wildman–Crippen MR) is 63.4 cm³/mol. The first-order valence-electron chi connectivity index (χ1n) is 5.94. The standard InChI is InChI=1S/C12H19N3O2/c1-9-7-10(14-17-9)8-15(3)11(16)12(2)5-4-6-13-12/h7,13H,4-6,8H2,1-3H3. The highest BCUT2D eigenvalue weighted by molar-refractivity contribution is 5.86. The highest BCUT2D eigenvalue weighted by Gasteiger charge is 2.37. The van der Waals surface area contributed by atoms with E-state index in [2.05, 4.69) is 10.5 Å². The summed E-state index contributed by atoms with van der Waals surface area (Å²) in [5, 5.41) is 7.17. The van der Waals surface area contributed by atoms with Crippen LogP contribution < -0.4 is 5.32 Å². The summed E-state index contributed by atoms with van der Waals surface area (Å²) in [4.78, 5) is 14.0. The summed E-state index contributed by atoms with van der Waals surface area (Å²) in [5.41, 5.74) is 0.382. The molecule has 17 heavy (non-hydrogen) atoms. The molecule has 1 unspecified atom stereocenters. The molecule has 0 spiro atoms. The molecule has 1 aromatic heterocycles. The van der Waals surface area contributed by atoms with Crippen LogP contribution in [0.3, 0.4) is 0 Å². The summed E-state index contributed by atoms with van der Waals surface area (Å²) in [6.07, 6.45) is 1.95. The van der Waals surface area contributed by atoms with Gasteiger partial charge in [0.15, 0.2) is 0 Å². The van der Waals surface area contributed by atoms with E-state index in [1.165, 1.54) is 0 Å². The molecule has 1 aliphatic heterocycles. The number of nitrogens with zero attached hydrogens (tertiary/aromatic N) is 2. The molecular weight excluding hydrogens is 218 g/mol. The lowest BCUT2D eigenvalue weighted by molar-refractivity contribution is -0.136. The summed E-state index contributed by atoms with van der Waals surface area (Å²) < 4.78 is 4.99. The zero-order valence-corrected chi connectivity index (χ0v) is 10.6. The van der Waals surface area contributed by atoms with Crippen molar-refractivity contribution in [2.75, 3.05) is 13.6 Å². The lowest BCUT2D eigenvalue weighted by Gasteiger charge is -2.28. The Morgan fingerprint density at radius 1 is 1.71 bits per heavy atom. The Kier molecular flexibility index (Phi) is 3.19. The van der Waals surface area contributed by atoms with Gasteiger partial charge in [-0.3, -0.25) is 4.79 Å². The molecule has 0 aliphatic carbocycles. The van der Waals surface area contributed by atoms with Crippen LogP contribution in [0, 0.1) is 6.92 Å². The molecule has 2 rings (SSSR count). The molecule has 1 aliphatic rings. The summed E-state index contributed by atoms with van der Waals surface area (Å²) in [5.74, 6) is 0.890. The first kappa shape index (κ1) is 12.1. The molecule has 1 amide bonds. The lowest BCUT2D eigenvalue weighted by atomic mass is 9.98. The Morgan fingerprint density at radius 3 is 3.00 bits per heavy atom. The SMILES string of the molecule is Cc1cc(CN(C)C(=O)C2(C)CCCN2)no1.